The number of benzene rings is 3. The molecule has 0 saturated heterocycles. The third-order valence-corrected chi connectivity index (χ3v) is 5.45. The lowest BCUT2D eigenvalue weighted by atomic mass is 9.84. The summed E-state index contributed by atoms with van der Waals surface area (Å²) in [4.78, 5) is 17.1. The van der Waals surface area contributed by atoms with Crippen molar-refractivity contribution in [2.75, 3.05) is 7.11 Å². The van der Waals surface area contributed by atoms with E-state index < -0.39 is 30.0 Å². The van der Waals surface area contributed by atoms with Gasteiger partial charge in [-0.3, -0.25) is 0 Å². The van der Waals surface area contributed by atoms with Crippen LogP contribution in [0.5, 0.6) is 0 Å². The molecular formula is C23H17F4NO3. The number of aryl methyl sites for hydroxylation is 1. The lowest BCUT2D eigenvalue weighted by Gasteiger charge is -2.29. The molecule has 1 atom stereocenters. The van der Waals surface area contributed by atoms with Gasteiger partial charge >= 0.3 is 12.1 Å². The van der Waals surface area contributed by atoms with Crippen LogP contribution in [0.25, 0.3) is 10.8 Å². The van der Waals surface area contributed by atoms with E-state index in [1.807, 2.05) is 0 Å². The second-order valence-electron chi connectivity index (χ2n) is 7.29. The van der Waals surface area contributed by atoms with Crippen molar-refractivity contribution in [3.63, 3.8) is 0 Å². The van der Waals surface area contributed by atoms with Gasteiger partial charge in [0.05, 0.1) is 18.4 Å². The van der Waals surface area contributed by atoms with E-state index in [1.54, 1.807) is 24.3 Å². The van der Waals surface area contributed by atoms with Gasteiger partial charge in [0.1, 0.15) is 5.82 Å². The number of carbonyl (C=O) groups excluding carboxylic acids is 1. The molecule has 31 heavy (non-hydrogen) atoms. The molecule has 0 aliphatic carbocycles. The average molecular weight is 431 g/mol. The number of alkyl halides is 3. The molecule has 0 spiro atoms. The molecule has 4 nitrogen and oxygen atoms in total. The standard InChI is InChI=1S/C23H17F4NO3/c1-13-11-14(7-10-19(13)24)22(23(25,26)27)12-20(28-31-22)17-8-9-18(21(29)30-2)16-6-4-3-5-15(16)17/h3-11H,12H2,1-2H3. The Morgan fingerprint density at radius 3 is 2.45 bits per heavy atom. The number of fused-ring (bicyclic) bond motifs is 1. The fraction of sp³-hybridized carbons (Fsp3) is 0.217. The zero-order valence-corrected chi connectivity index (χ0v) is 16.6. The highest BCUT2D eigenvalue weighted by Gasteiger charge is 2.62. The zero-order chi connectivity index (χ0) is 22.4. The molecule has 3 aromatic carbocycles. The number of methoxy groups -OCH3 is 1. The Balaban J connectivity index is 1.82. The van der Waals surface area contributed by atoms with Crippen molar-refractivity contribution in [3.05, 3.63) is 82.7 Å². The summed E-state index contributed by atoms with van der Waals surface area (Å²) in [5.74, 6) is -1.16. The van der Waals surface area contributed by atoms with E-state index in [0.29, 0.717) is 16.3 Å². The summed E-state index contributed by atoms with van der Waals surface area (Å²) in [6.07, 6.45) is -5.40. The van der Waals surface area contributed by atoms with Crippen molar-refractivity contribution in [1.82, 2.24) is 0 Å². The van der Waals surface area contributed by atoms with E-state index in [-0.39, 0.29) is 22.4 Å². The number of carbonyl (C=O) groups is 1. The van der Waals surface area contributed by atoms with Gasteiger partial charge in [-0.2, -0.15) is 13.2 Å². The van der Waals surface area contributed by atoms with E-state index in [2.05, 4.69) is 5.16 Å². The fourth-order valence-electron chi connectivity index (χ4n) is 3.78. The third kappa shape index (κ3) is 3.32. The van der Waals surface area contributed by atoms with Gasteiger partial charge in [-0.05, 0) is 41.5 Å². The van der Waals surface area contributed by atoms with Crippen molar-refractivity contribution < 1.29 is 31.9 Å². The molecule has 1 unspecified atom stereocenters. The van der Waals surface area contributed by atoms with Gasteiger partial charge in [-0.25, -0.2) is 9.18 Å². The largest absolute Gasteiger partial charge is 0.465 e. The average Bonchev–Trinajstić information content (AvgIpc) is 3.21. The maximum absolute atomic E-state index is 14.2. The number of halogens is 4. The molecular weight excluding hydrogens is 414 g/mol. The van der Waals surface area contributed by atoms with Crippen molar-refractivity contribution in [2.24, 2.45) is 5.16 Å². The van der Waals surface area contributed by atoms with Crippen LogP contribution >= 0.6 is 0 Å². The number of esters is 1. The first kappa shape index (κ1) is 20.8. The fourth-order valence-corrected chi connectivity index (χ4v) is 3.78. The molecule has 0 N–H and O–H groups in total. The van der Waals surface area contributed by atoms with Crippen LogP contribution in [-0.4, -0.2) is 25.0 Å². The lowest BCUT2D eigenvalue weighted by Crippen LogP contribution is -2.42. The van der Waals surface area contributed by atoms with Gasteiger partial charge in [0.2, 0.25) is 0 Å². The maximum atomic E-state index is 14.2. The minimum Gasteiger partial charge on any atom is -0.465 e. The van der Waals surface area contributed by atoms with Crippen molar-refractivity contribution in [1.29, 1.82) is 0 Å². The zero-order valence-electron chi connectivity index (χ0n) is 16.6. The SMILES string of the molecule is COC(=O)c1ccc(C2=NOC(c3ccc(F)c(C)c3)(C(F)(F)F)C2)c2ccccc12. The Morgan fingerprint density at radius 2 is 1.81 bits per heavy atom. The predicted octanol–water partition coefficient (Wildman–Crippen LogP) is 5.66. The Hall–Kier alpha value is -3.42. The Labute approximate surface area is 175 Å². The Kier molecular flexibility index (Phi) is 4.95. The summed E-state index contributed by atoms with van der Waals surface area (Å²) in [6.45, 7) is 1.39. The molecule has 160 valence electrons. The van der Waals surface area contributed by atoms with Gasteiger partial charge in [0.25, 0.3) is 5.60 Å². The summed E-state index contributed by atoms with van der Waals surface area (Å²) in [5.41, 5.74) is -2.11. The third-order valence-electron chi connectivity index (χ3n) is 5.45. The summed E-state index contributed by atoms with van der Waals surface area (Å²) in [5, 5.41) is 4.85. The topological polar surface area (TPSA) is 47.9 Å². The molecule has 0 bridgehead atoms. The highest BCUT2D eigenvalue weighted by molar-refractivity contribution is 6.15. The summed E-state index contributed by atoms with van der Waals surface area (Å²) >= 11 is 0. The second-order valence-corrected chi connectivity index (χ2v) is 7.29. The van der Waals surface area contributed by atoms with E-state index in [0.717, 1.165) is 18.2 Å². The molecule has 8 heteroatoms. The Bertz CT molecular complexity index is 1220. The number of ether oxygens (including phenoxy) is 1. The van der Waals surface area contributed by atoms with Gasteiger partial charge in [0.15, 0.2) is 0 Å². The van der Waals surface area contributed by atoms with Crippen LogP contribution in [0, 0.1) is 12.7 Å². The van der Waals surface area contributed by atoms with Gasteiger partial charge < -0.3 is 9.57 Å². The summed E-state index contributed by atoms with van der Waals surface area (Å²) in [6, 6.07) is 13.0. The summed E-state index contributed by atoms with van der Waals surface area (Å²) in [7, 11) is 1.25. The van der Waals surface area contributed by atoms with E-state index >= 15 is 0 Å². The first-order chi connectivity index (χ1) is 14.7. The number of hydrogen-bond acceptors (Lipinski definition) is 4. The van der Waals surface area contributed by atoms with Crippen LogP contribution in [0.2, 0.25) is 0 Å². The minimum absolute atomic E-state index is 0.0751. The first-order valence-corrected chi connectivity index (χ1v) is 9.37. The molecule has 0 aromatic heterocycles. The number of nitrogens with zero attached hydrogens (tertiary/aromatic N) is 1. The van der Waals surface area contributed by atoms with E-state index in [9.17, 15) is 22.4 Å². The van der Waals surface area contributed by atoms with Crippen LogP contribution < -0.4 is 0 Å². The molecule has 1 heterocycles. The van der Waals surface area contributed by atoms with E-state index in [1.165, 1.54) is 26.2 Å². The molecule has 0 amide bonds. The van der Waals surface area contributed by atoms with Crippen LogP contribution in [0.1, 0.15) is 33.5 Å². The highest BCUT2D eigenvalue weighted by Crippen LogP contribution is 2.49. The van der Waals surface area contributed by atoms with Crippen molar-refractivity contribution in [3.8, 4) is 0 Å². The minimum atomic E-state index is -4.80. The molecule has 3 aromatic rings. The van der Waals surface area contributed by atoms with Gasteiger partial charge in [-0.15, -0.1) is 0 Å². The predicted molar refractivity (Wildman–Crippen MR) is 106 cm³/mol. The Morgan fingerprint density at radius 1 is 1.10 bits per heavy atom. The normalized spacial score (nSPS) is 18.6. The highest BCUT2D eigenvalue weighted by atomic mass is 19.4. The summed E-state index contributed by atoms with van der Waals surface area (Å²) < 4.78 is 61.1. The van der Waals surface area contributed by atoms with Crippen molar-refractivity contribution >= 4 is 22.5 Å². The molecule has 0 radical (unpaired) electrons. The van der Waals surface area contributed by atoms with Crippen LogP contribution in [0.3, 0.4) is 0 Å². The molecule has 4 rings (SSSR count). The molecule has 1 aliphatic rings. The molecule has 0 fully saturated rings. The van der Waals surface area contributed by atoms with Gasteiger partial charge in [-0.1, -0.05) is 41.6 Å². The van der Waals surface area contributed by atoms with Crippen LogP contribution in [0.4, 0.5) is 17.6 Å². The van der Waals surface area contributed by atoms with Crippen LogP contribution in [0.15, 0.2) is 59.8 Å². The lowest BCUT2D eigenvalue weighted by molar-refractivity contribution is -0.275. The molecule has 0 saturated carbocycles. The first-order valence-electron chi connectivity index (χ1n) is 9.37. The van der Waals surface area contributed by atoms with Gasteiger partial charge in [0, 0.05) is 17.5 Å². The quantitative estimate of drug-likeness (QED) is 0.397. The number of rotatable bonds is 3. The van der Waals surface area contributed by atoms with E-state index in [4.69, 9.17) is 9.57 Å². The smallest absolute Gasteiger partial charge is 0.435 e. The second kappa shape index (κ2) is 7.37. The van der Waals surface area contributed by atoms with Crippen LogP contribution in [-0.2, 0) is 15.2 Å². The van der Waals surface area contributed by atoms with Crippen molar-refractivity contribution in [2.45, 2.75) is 25.1 Å². The number of hydrogen-bond donors (Lipinski definition) is 0. The molecule has 1 aliphatic heterocycles. The monoisotopic (exact) mass is 431 g/mol. The maximum Gasteiger partial charge on any atom is 0.435 e. The number of oxime groups is 1.